The molecule has 0 saturated carbocycles. The van der Waals surface area contributed by atoms with Crippen LogP contribution in [0, 0.1) is 6.92 Å². The number of aldehydes is 1. The van der Waals surface area contributed by atoms with Crippen LogP contribution in [0.25, 0.3) is 33.3 Å². The third kappa shape index (κ3) is 3.17. The monoisotopic (exact) mass is 354 g/mol. The summed E-state index contributed by atoms with van der Waals surface area (Å²) >= 11 is 0. The van der Waals surface area contributed by atoms with E-state index in [1.165, 1.54) is 22.2 Å². The molecule has 0 amide bonds. The molecule has 27 heavy (non-hydrogen) atoms. The van der Waals surface area contributed by atoms with Crippen molar-refractivity contribution < 1.29 is 4.79 Å². The van der Waals surface area contributed by atoms with Crippen LogP contribution in [0.2, 0.25) is 0 Å². The molecule has 2 heterocycles. The molecule has 0 aliphatic carbocycles. The van der Waals surface area contributed by atoms with Gasteiger partial charge in [0.25, 0.3) is 0 Å². The van der Waals surface area contributed by atoms with Gasteiger partial charge in [-0.1, -0.05) is 44.2 Å². The Labute approximate surface area is 159 Å². The lowest BCUT2D eigenvalue weighted by molar-refractivity contribution is 0.112. The van der Waals surface area contributed by atoms with Crippen LogP contribution in [-0.4, -0.2) is 16.3 Å². The van der Waals surface area contributed by atoms with Crippen molar-refractivity contribution in [3.63, 3.8) is 0 Å². The second-order valence-corrected chi connectivity index (χ2v) is 7.25. The van der Waals surface area contributed by atoms with Gasteiger partial charge in [0.15, 0.2) is 0 Å². The fourth-order valence-electron chi connectivity index (χ4n) is 3.67. The molecule has 0 atom stereocenters. The highest BCUT2D eigenvalue weighted by Gasteiger charge is 2.17. The molecule has 0 aliphatic rings. The Bertz CT molecular complexity index is 1120. The van der Waals surface area contributed by atoms with Crippen LogP contribution in [-0.2, 0) is 0 Å². The molecule has 4 rings (SSSR count). The van der Waals surface area contributed by atoms with E-state index in [0.29, 0.717) is 11.5 Å². The first-order valence-electron chi connectivity index (χ1n) is 9.21. The van der Waals surface area contributed by atoms with E-state index < -0.39 is 0 Å². The van der Waals surface area contributed by atoms with Crippen LogP contribution in [0.3, 0.4) is 0 Å². The van der Waals surface area contributed by atoms with Gasteiger partial charge in [-0.15, -0.1) is 0 Å². The van der Waals surface area contributed by atoms with E-state index in [1.807, 2.05) is 37.4 Å². The summed E-state index contributed by atoms with van der Waals surface area (Å²) in [5.41, 5.74) is 8.76. The summed E-state index contributed by atoms with van der Waals surface area (Å²) in [6.07, 6.45) is 2.74. The molecular weight excluding hydrogens is 332 g/mol. The Hall–Kier alpha value is -3.20. The van der Waals surface area contributed by atoms with Gasteiger partial charge in [-0.3, -0.25) is 9.78 Å². The molecule has 4 aromatic rings. The molecule has 0 bridgehead atoms. The van der Waals surface area contributed by atoms with Gasteiger partial charge in [-0.25, -0.2) is 0 Å². The van der Waals surface area contributed by atoms with Crippen molar-refractivity contribution in [1.82, 2.24) is 9.97 Å². The quantitative estimate of drug-likeness (QED) is 0.447. The minimum Gasteiger partial charge on any atom is -0.354 e. The molecule has 3 nitrogen and oxygen atoms in total. The number of nitrogens with one attached hydrogen (secondary N) is 1. The van der Waals surface area contributed by atoms with E-state index in [2.05, 4.69) is 54.1 Å². The van der Waals surface area contributed by atoms with E-state index in [-0.39, 0.29) is 0 Å². The summed E-state index contributed by atoms with van der Waals surface area (Å²) in [6, 6.07) is 18.4. The first-order valence-corrected chi connectivity index (χ1v) is 9.21. The predicted molar refractivity (Wildman–Crippen MR) is 111 cm³/mol. The van der Waals surface area contributed by atoms with Crippen LogP contribution in [0.4, 0.5) is 0 Å². The molecule has 0 aliphatic heterocycles. The lowest BCUT2D eigenvalue weighted by Gasteiger charge is -2.10. The number of aromatic nitrogens is 2. The van der Waals surface area contributed by atoms with Gasteiger partial charge in [-0.2, -0.15) is 0 Å². The summed E-state index contributed by atoms with van der Waals surface area (Å²) in [6.45, 7) is 6.47. The lowest BCUT2D eigenvalue weighted by atomic mass is 9.94. The fraction of sp³-hybridized carbons (Fsp3) is 0.167. The van der Waals surface area contributed by atoms with Crippen LogP contribution >= 0.6 is 0 Å². The van der Waals surface area contributed by atoms with Crippen LogP contribution in [0.15, 0.2) is 60.8 Å². The molecule has 0 saturated heterocycles. The van der Waals surface area contributed by atoms with Gasteiger partial charge in [-0.05, 0) is 53.8 Å². The van der Waals surface area contributed by atoms with E-state index in [4.69, 9.17) is 0 Å². The summed E-state index contributed by atoms with van der Waals surface area (Å²) in [7, 11) is 0. The molecular formula is C24H22N2O. The molecule has 2 aromatic heterocycles. The number of benzene rings is 2. The second kappa shape index (κ2) is 6.84. The number of hydrogen-bond donors (Lipinski definition) is 1. The molecule has 0 unspecified atom stereocenters. The Kier molecular flexibility index (Phi) is 4.36. The average molecular weight is 354 g/mol. The molecule has 0 fully saturated rings. The maximum absolute atomic E-state index is 10.9. The van der Waals surface area contributed by atoms with Gasteiger partial charge in [0.05, 0.1) is 5.69 Å². The standard InChI is InChI=1S/C24H22N2O/c1-15(2)23-21-13-19(18-6-4-17(14-27)5-7-18)8-9-22(21)26-24(23)20-10-11-25-16(3)12-20/h4-15,26H,1-3H3. The highest BCUT2D eigenvalue weighted by Crippen LogP contribution is 2.37. The SMILES string of the molecule is Cc1cc(-c2[nH]c3ccc(-c4ccc(C=O)cc4)cc3c2C(C)C)ccn1. The molecule has 3 heteroatoms. The van der Waals surface area contributed by atoms with Crippen molar-refractivity contribution in [1.29, 1.82) is 0 Å². The minimum atomic E-state index is 0.384. The van der Waals surface area contributed by atoms with E-state index >= 15 is 0 Å². The van der Waals surface area contributed by atoms with Gasteiger partial charge in [0.1, 0.15) is 6.29 Å². The van der Waals surface area contributed by atoms with Crippen molar-refractivity contribution in [3.05, 3.63) is 77.6 Å². The van der Waals surface area contributed by atoms with Crippen LogP contribution < -0.4 is 0 Å². The molecule has 0 spiro atoms. The number of rotatable bonds is 4. The normalized spacial score (nSPS) is 11.3. The minimum absolute atomic E-state index is 0.384. The number of H-pyrrole nitrogens is 1. The van der Waals surface area contributed by atoms with Crippen molar-refractivity contribution in [2.24, 2.45) is 0 Å². The van der Waals surface area contributed by atoms with E-state index in [0.717, 1.165) is 28.6 Å². The third-order valence-electron chi connectivity index (χ3n) is 4.98. The number of pyridine rings is 1. The maximum Gasteiger partial charge on any atom is 0.150 e. The lowest BCUT2D eigenvalue weighted by Crippen LogP contribution is -1.91. The molecule has 2 aromatic carbocycles. The van der Waals surface area contributed by atoms with Crippen molar-refractivity contribution >= 4 is 17.2 Å². The number of carbonyl (C=O) groups is 1. The van der Waals surface area contributed by atoms with Crippen molar-refractivity contribution in [2.75, 3.05) is 0 Å². The largest absolute Gasteiger partial charge is 0.354 e. The van der Waals surface area contributed by atoms with Crippen LogP contribution in [0.5, 0.6) is 0 Å². The zero-order valence-corrected chi connectivity index (χ0v) is 15.8. The summed E-state index contributed by atoms with van der Waals surface area (Å²) in [5.74, 6) is 0.384. The first-order chi connectivity index (χ1) is 13.1. The number of fused-ring (bicyclic) bond motifs is 1. The Morgan fingerprint density at radius 3 is 2.33 bits per heavy atom. The number of aryl methyl sites for hydroxylation is 1. The zero-order valence-electron chi connectivity index (χ0n) is 15.8. The van der Waals surface area contributed by atoms with E-state index in [1.54, 1.807) is 0 Å². The van der Waals surface area contributed by atoms with Crippen LogP contribution in [0.1, 0.15) is 41.4 Å². The van der Waals surface area contributed by atoms with Crippen molar-refractivity contribution in [2.45, 2.75) is 26.7 Å². The zero-order chi connectivity index (χ0) is 19.0. The second-order valence-electron chi connectivity index (χ2n) is 7.25. The summed E-state index contributed by atoms with van der Waals surface area (Å²) in [4.78, 5) is 18.8. The van der Waals surface area contributed by atoms with Gasteiger partial charge < -0.3 is 4.98 Å². The predicted octanol–water partition coefficient (Wildman–Crippen LogP) is 6.14. The topological polar surface area (TPSA) is 45.8 Å². The summed E-state index contributed by atoms with van der Waals surface area (Å²) < 4.78 is 0. The molecule has 134 valence electrons. The Balaban J connectivity index is 1.90. The van der Waals surface area contributed by atoms with E-state index in [9.17, 15) is 4.79 Å². The summed E-state index contributed by atoms with van der Waals surface area (Å²) in [5, 5.41) is 1.24. The smallest absolute Gasteiger partial charge is 0.150 e. The van der Waals surface area contributed by atoms with Gasteiger partial charge >= 0.3 is 0 Å². The van der Waals surface area contributed by atoms with Gasteiger partial charge in [0.2, 0.25) is 0 Å². The molecule has 1 N–H and O–H groups in total. The maximum atomic E-state index is 10.9. The number of hydrogen-bond acceptors (Lipinski definition) is 2. The van der Waals surface area contributed by atoms with Crippen molar-refractivity contribution in [3.8, 4) is 22.4 Å². The highest BCUT2D eigenvalue weighted by molar-refractivity contribution is 5.94. The highest BCUT2D eigenvalue weighted by atomic mass is 16.1. The van der Waals surface area contributed by atoms with Gasteiger partial charge in [0, 0.05) is 33.9 Å². The third-order valence-corrected chi connectivity index (χ3v) is 4.98. The number of nitrogens with zero attached hydrogens (tertiary/aromatic N) is 1. The molecule has 0 radical (unpaired) electrons. The number of carbonyl (C=O) groups excluding carboxylic acids is 1. The average Bonchev–Trinajstić information content (AvgIpc) is 3.07. The Morgan fingerprint density at radius 1 is 0.926 bits per heavy atom. The fourth-order valence-corrected chi connectivity index (χ4v) is 3.67. The first kappa shape index (κ1) is 17.2. The number of aromatic amines is 1. The Morgan fingerprint density at radius 2 is 1.67 bits per heavy atom.